The van der Waals surface area contributed by atoms with Crippen molar-refractivity contribution in [3.63, 3.8) is 0 Å². The molecule has 2 aliphatic rings. The number of ether oxygens (including phenoxy) is 1. The Bertz CT molecular complexity index is 576. The fourth-order valence-corrected chi connectivity index (χ4v) is 3.07. The minimum absolute atomic E-state index is 0.155. The first-order valence-corrected chi connectivity index (χ1v) is 9.20. The molecule has 1 aromatic rings. The molecule has 6 heteroatoms. The highest BCUT2D eigenvalue weighted by molar-refractivity contribution is 5.89. The fraction of sp³-hybridized carbons (Fsp3) is 0.632. The molecule has 0 bridgehead atoms. The van der Waals surface area contributed by atoms with E-state index < -0.39 is 0 Å². The van der Waals surface area contributed by atoms with Gasteiger partial charge in [-0.3, -0.25) is 4.90 Å². The largest absolute Gasteiger partial charge is 0.376 e. The summed E-state index contributed by atoms with van der Waals surface area (Å²) in [5.41, 5.74) is 1.89. The van der Waals surface area contributed by atoms with Crippen molar-refractivity contribution in [2.45, 2.75) is 25.5 Å². The van der Waals surface area contributed by atoms with Gasteiger partial charge in [-0.05, 0) is 50.6 Å². The Kier molecular flexibility index (Phi) is 6.29. The van der Waals surface area contributed by atoms with Crippen LogP contribution in [0.5, 0.6) is 0 Å². The normalized spacial score (nSPS) is 21.9. The molecule has 1 aliphatic carbocycles. The van der Waals surface area contributed by atoms with Gasteiger partial charge in [0.2, 0.25) is 0 Å². The highest BCUT2D eigenvalue weighted by atomic mass is 16.5. The predicted octanol–water partition coefficient (Wildman–Crippen LogP) is 1.98. The van der Waals surface area contributed by atoms with E-state index in [1.807, 2.05) is 24.3 Å². The number of carbonyl (C=O) groups excluding carboxylic acids is 1. The summed E-state index contributed by atoms with van der Waals surface area (Å²) in [7, 11) is 4.24. The van der Waals surface area contributed by atoms with Crippen LogP contribution in [0.1, 0.15) is 18.4 Å². The maximum atomic E-state index is 12.2. The number of urea groups is 1. The lowest BCUT2D eigenvalue weighted by molar-refractivity contribution is 0.111. The lowest BCUT2D eigenvalue weighted by atomic mass is 10.2. The van der Waals surface area contributed by atoms with Gasteiger partial charge in [0.15, 0.2) is 0 Å². The number of nitrogens with zero attached hydrogens (tertiary/aromatic N) is 2. The highest BCUT2D eigenvalue weighted by Gasteiger charge is 2.22. The standard InChI is InChI=1S/C19H30N4O2/c1-22-8-9-23(2)18(12-22)11-20-19(24)21-17-5-3-4-16(10-17)14-25-13-15-6-7-15/h3-5,10,15,18H,6-9,11-14H2,1-2H3,(H2,20,21,24)/t18-/m1/s1. The van der Waals surface area contributed by atoms with Crippen molar-refractivity contribution < 1.29 is 9.53 Å². The van der Waals surface area contributed by atoms with Gasteiger partial charge in [-0.25, -0.2) is 4.79 Å². The molecule has 1 saturated heterocycles. The number of hydrogen-bond acceptors (Lipinski definition) is 4. The molecule has 1 atom stereocenters. The average molecular weight is 346 g/mol. The zero-order valence-electron chi connectivity index (χ0n) is 15.3. The number of anilines is 1. The molecule has 0 aromatic heterocycles. The van der Waals surface area contributed by atoms with Gasteiger partial charge in [-0.15, -0.1) is 0 Å². The second-order valence-corrected chi connectivity index (χ2v) is 7.39. The summed E-state index contributed by atoms with van der Waals surface area (Å²) in [6.07, 6.45) is 2.60. The number of amides is 2. The van der Waals surface area contributed by atoms with Crippen LogP contribution in [0.3, 0.4) is 0 Å². The summed E-state index contributed by atoms with van der Waals surface area (Å²) >= 11 is 0. The van der Waals surface area contributed by atoms with E-state index in [4.69, 9.17) is 4.74 Å². The number of hydrogen-bond donors (Lipinski definition) is 2. The van der Waals surface area contributed by atoms with Crippen molar-refractivity contribution in [1.82, 2.24) is 15.1 Å². The predicted molar refractivity (Wildman–Crippen MR) is 99.8 cm³/mol. The summed E-state index contributed by atoms with van der Waals surface area (Å²) < 4.78 is 5.71. The van der Waals surface area contributed by atoms with Gasteiger partial charge in [0, 0.05) is 44.5 Å². The Morgan fingerprint density at radius 3 is 2.92 bits per heavy atom. The summed E-state index contributed by atoms with van der Waals surface area (Å²) in [6, 6.07) is 8.07. The molecule has 1 aromatic carbocycles. The van der Waals surface area contributed by atoms with E-state index in [1.165, 1.54) is 12.8 Å². The van der Waals surface area contributed by atoms with E-state index in [9.17, 15) is 4.79 Å². The third-order valence-corrected chi connectivity index (χ3v) is 4.98. The van der Waals surface area contributed by atoms with Crippen LogP contribution in [-0.2, 0) is 11.3 Å². The van der Waals surface area contributed by atoms with Crippen molar-refractivity contribution in [3.05, 3.63) is 29.8 Å². The zero-order valence-corrected chi connectivity index (χ0v) is 15.3. The number of likely N-dealkylation sites (N-methyl/N-ethyl adjacent to an activating group) is 2. The van der Waals surface area contributed by atoms with Crippen molar-refractivity contribution in [2.24, 2.45) is 5.92 Å². The second-order valence-electron chi connectivity index (χ2n) is 7.39. The van der Waals surface area contributed by atoms with Crippen LogP contribution in [-0.4, -0.2) is 68.8 Å². The number of rotatable bonds is 7. The van der Waals surface area contributed by atoms with Crippen LogP contribution in [0.15, 0.2) is 24.3 Å². The van der Waals surface area contributed by atoms with Crippen LogP contribution < -0.4 is 10.6 Å². The van der Waals surface area contributed by atoms with E-state index >= 15 is 0 Å². The van der Waals surface area contributed by atoms with Gasteiger partial charge in [-0.2, -0.15) is 0 Å². The van der Waals surface area contributed by atoms with Crippen LogP contribution in [0.4, 0.5) is 10.5 Å². The summed E-state index contributed by atoms with van der Waals surface area (Å²) in [4.78, 5) is 16.8. The molecule has 6 nitrogen and oxygen atoms in total. The Labute approximate surface area is 150 Å². The Hall–Kier alpha value is -1.63. The van der Waals surface area contributed by atoms with Crippen molar-refractivity contribution in [1.29, 1.82) is 0 Å². The molecule has 3 rings (SSSR count). The molecule has 138 valence electrons. The van der Waals surface area contributed by atoms with Crippen molar-refractivity contribution in [2.75, 3.05) is 52.2 Å². The molecule has 1 aliphatic heterocycles. The molecule has 2 N–H and O–H groups in total. The number of benzene rings is 1. The molecule has 1 heterocycles. The van der Waals surface area contributed by atoms with E-state index in [-0.39, 0.29) is 6.03 Å². The third-order valence-electron chi connectivity index (χ3n) is 4.98. The topological polar surface area (TPSA) is 56.8 Å². The van der Waals surface area contributed by atoms with Crippen molar-refractivity contribution >= 4 is 11.7 Å². The molecule has 2 amide bonds. The highest BCUT2D eigenvalue weighted by Crippen LogP contribution is 2.29. The van der Waals surface area contributed by atoms with E-state index in [1.54, 1.807) is 0 Å². The first kappa shape index (κ1) is 18.2. The van der Waals surface area contributed by atoms with E-state index in [0.717, 1.165) is 43.4 Å². The second kappa shape index (κ2) is 8.65. The smallest absolute Gasteiger partial charge is 0.319 e. The molecule has 2 fully saturated rings. The third kappa shape index (κ3) is 5.99. The van der Waals surface area contributed by atoms with Gasteiger partial charge in [0.25, 0.3) is 0 Å². The van der Waals surface area contributed by atoms with Crippen LogP contribution in [0, 0.1) is 5.92 Å². The average Bonchev–Trinajstić information content (AvgIpc) is 3.40. The van der Waals surface area contributed by atoms with E-state index in [2.05, 4.69) is 34.5 Å². The minimum Gasteiger partial charge on any atom is -0.376 e. The zero-order chi connectivity index (χ0) is 17.6. The summed E-state index contributed by atoms with van der Waals surface area (Å²) in [5.74, 6) is 0.768. The van der Waals surface area contributed by atoms with Gasteiger partial charge in [0.05, 0.1) is 6.61 Å². The maximum absolute atomic E-state index is 12.2. The van der Waals surface area contributed by atoms with E-state index in [0.29, 0.717) is 19.2 Å². The molecule has 0 radical (unpaired) electrons. The van der Waals surface area contributed by atoms with Crippen LogP contribution >= 0.6 is 0 Å². The SMILES string of the molecule is CN1CCN(C)[C@H](CNC(=O)Nc2cccc(COCC3CC3)c2)C1. The number of carbonyl (C=O) groups is 1. The molecular formula is C19H30N4O2. The lowest BCUT2D eigenvalue weighted by Gasteiger charge is -2.37. The van der Waals surface area contributed by atoms with Gasteiger partial charge in [0.1, 0.15) is 0 Å². The Balaban J connectivity index is 1.42. The molecule has 1 saturated carbocycles. The Morgan fingerprint density at radius 2 is 2.12 bits per heavy atom. The van der Waals surface area contributed by atoms with Gasteiger partial charge >= 0.3 is 6.03 Å². The summed E-state index contributed by atoms with van der Waals surface area (Å²) in [6.45, 7) is 5.19. The first-order chi connectivity index (χ1) is 12.1. The van der Waals surface area contributed by atoms with Crippen molar-refractivity contribution in [3.8, 4) is 0 Å². The quantitative estimate of drug-likeness (QED) is 0.793. The molecule has 0 unspecified atom stereocenters. The lowest BCUT2D eigenvalue weighted by Crippen LogP contribution is -2.54. The van der Waals surface area contributed by atoms with Crippen LogP contribution in [0.2, 0.25) is 0 Å². The first-order valence-electron chi connectivity index (χ1n) is 9.20. The number of piperazine rings is 1. The minimum atomic E-state index is -0.155. The fourth-order valence-electron chi connectivity index (χ4n) is 3.07. The number of nitrogens with one attached hydrogen (secondary N) is 2. The van der Waals surface area contributed by atoms with Crippen LogP contribution in [0.25, 0.3) is 0 Å². The monoisotopic (exact) mass is 346 g/mol. The molecule has 0 spiro atoms. The summed E-state index contributed by atoms with van der Waals surface area (Å²) in [5, 5.41) is 5.91. The maximum Gasteiger partial charge on any atom is 0.319 e. The van der Waals surface area contributed by atoms with Gasteiger partial charge < -0.3 is 20.3 Å². The van der Waals surface area contributed by atoms with Gasteiger partial charge in [-0.1, -0.05) is 12.1 Å². The Morgan fingerprint density at radius 1 is 1.28 bits per heavy atom. The molecule has 25 heavy (non-hydrogen) atoms. The molecular weight excluding hydrogens is 316 g/mol.